The Hall–Kier alpha value is -1.23. The molecular weight excluding hydrogens is 204 g/mol. The molecule has 0 saturated carbocycles. The van der Waals surface area contributed by atoms with Gasteiger partial charge < -0.3 is 5.73 Å². The van der Waals surface area contributed by atoms with Crippen molar-refractivity contribution >= 4 is 5.78 Å². The highest BCUT2D eigenvalue weighted by Crippen LogP contribution is 2.07. The number of Topliss-reactive ketones (excluding diaryl/α,β-unsaturated/α-hetero) is 1. The Balaban J connectivity index is 2.67. The molecule has 1 unspecified atom stereocenters. The first kappa shape index (κ1) is 12.8. The number of aryl methyl sites for hydroxylation is 1. The third-order valence-corrected chi connectivity index (χ3v) is 2.51. The summed E-state index contributed by atoms with van der Waals surface area (Å²) in [4.78, 5) is 12.0. The van der Waals surface area contributed by atoms with E-state index in [0.717, 1.165) is 25.7 Å². The maximum atomic E-state index is 12.0. The fourth-order valence-electron chi connectivity index (χ4n) is 1.57. The lowest BCUT2D eigenvalue weighted by Gasteiger charge is -2.10. The van der Waals surface area contributed by atoms with Gasteiger partial charge in [-0.05, 0) is 12.8 Å². The number of carbonyl (C=O) groups excluding carboxylic acids is 1. The Morgan fingerprint density at radius 1 is 1.50 bits per heavy atom. The first-order chi connectivity index (χ1) is 7.70. The molecule has 1 heterocycles. The molecule has 0 saturated heterocycles. The minimum atomic E-state index is -0.422. The molecule has 5 nitrogen and oxygen atoms in total. The highest BCUT2D eigenvalue weighted by Gasteiger charge is 2.19. The van der Waals surface area contributed by atoms with Crippen LogP contribution in [0.5, 0.6) is 0 Å². The molecule has 2 N–H and O–H groups in total. The maximum Gasteiger partial charge on any atom is 0.199 e. The van der Waals surface area contributed by atoms with E-state index in [2.05, 4.69) is 17.2 Å². The van der Waals surface area contributed by atoms with Gasteiger partial charge in [-0.25, -0.2) is 4.68 Å². The number of nitrogens with zero attached hydrogens (tertiary/aromatic N) is 3. The van der Waals surface area contributed by atoms with Crippen LogP contribution >= 0.6 is 0 Å². The number of unbranched alkanes of at least 4 members (excludes halogenated alkanes) is 1. The van der Waals surface area contributed by atoms with Gasteiger partial charge in [0.1, 0.15) is 5.69 Å². The Kier molecular flexibility index (Phi) is 5.11. The van der Waals surface area contributed by atoms with E-state index in [1.165, 1.54) is 6.20 Å². The predicted octanol–water partition coefficient (Wildman–Crippen LogP) is 1.39. The second-order valence-electron chi connectivity index (χ2n) is 3.96. The van der Waals surface area contributed by atoms with E-state index in [4.69, 9.17) is 5.73 Å². The van der Waals surface area contributed by atoms with Crippen molar-refractivity contribution in [3.05, 3.63) is 11.9 Å². The van der Waals surface area contributed by atoms with E-state index in [1.807, 2.05) is 6.92 Å². The number of carbonyl (C=O) groups is 1. The maximum absolute atomic E-state index is 12.0. The summed E-state index contributed by atoms with van der Waals surface area (Å²) in [6, 6.07) is -0.422. The zero-order valence-corrected chi connectivity index (χ0v) is 10.0. The Bertz CT molecular complexity index is 334. The first-order valence-corrected chi connectivity index (χ1v) is 5.89. The molecule has 0 aliphatic heterocycles. The zero-order valence-electron chi connectivity index (χ0n) is 10.0. The van der Waals surface area contributed by atoms with Crippen molar-refractivity contribution in [2.24, 2.45) is 5.73 Å². The Morgan fingerprint density at radius 2 is 2.25 bits per heavy atom. The van der Waals surface area contributed by atoms with Crippen LogP contribution in [0.1, 0.15) is 50.0 Å². The van der Waals surface area contributed by atoms with Gasteiger partial charge in [0, 0.05) is 6.54 Å². The first-order valence-electron chi connectivity index (χ1n) is 5.89. The molecule has 0 fully saturated rings. The number of ketones is 1. The van der Waals surface area contributed by atoms with E-state index >= 15 is 0 Å². The predicted molar refractivity (Wildman–Crippen MR) is 62.1 cm³/mol. The summed E-state index contributed by atoms with van der Waals surface area (Å²) in [5.74, 6) is -0.0492. The molecule has 1 rings (SSSR count). The third kappa shape index (κ3) is 3.13. The summed E-state index contributed by atoms with van der Waals surface area (Å²) < 4.78 is 1.63. The van der Waals surface area contributed by atoms with Crippen LogP contribution in [0.2, 0.25) is 0 Å². The van der Waals surface area contributed by atoms with Crippen LogP contribution in [0.25, 0.3) is 0 Å². The van der Waals surface area contributed by atoms with Crippen LogP contribution < -0.4 is 5.73 Å². The highest BCUT2D eigenvalue weighted by molar-refractivity contribution is 5.98. The van der Waals surface area contributed by atoms with Crippen molar-refractivity contribution in [2.45, 2.75) is 52.1 Å². The summed E-state index contributed by atoms with van der Waals surface area (Å²) in [6.07, 6.45) is 5.18. The molecule has 0 aliphatic carbocycles. The van der Waals surface area contributed by atoms with Crippen molar-refractivity contribution < 1.29 is 4.79 Å². The molecule has 0 aliphatic rings. The molecule has 1 atom stereocenters. The van der Waals surface area contributed by atoms with E-state index in [-0.39, 0.29) is 5.78 Å². The SMILES string of the molecule is CCCCC(N)C(=O)c1cnnn1CCC. The van der Waals surface area contributed by atoms with Crippen LogP contribution in [-0.4, -0.2) is 26.8 Å². The van der Waals surface area contributed by atoms with Gasteiger partial charge in [0.05, 0.1) is 12.2 Å². The molecule has 5 heteroatoms. The smallest absolute Gasteiger partial charge is 0.199 e. The molecular formula is C11H20N4O. The van der Waals surface area contributed by atoms with E-state index in [9.17, 15) is 4.79 Å². The summed E-state index contributed by atoms with van der Waals surface area (Å²) in [5.41, 5.74) is 6.37. The fraction of sp³-hybridized carbons (Fsp3) is 0.727. The topological polar surface area (TPSA) is 73.8 Å². The molecule has 0 amide bonds. The van der Waals surface area contributed by atoms with Crippen molar-refractivity contribution in [3.63, 3.8) is 0 Å². The molecule has 1 aromatic rings. The fourth-order valence-corrected chi connectivity index (χ4v) is 1.57. The van der Waals surface area contributed by atoms with E-state index < -0.39 is 6.04 Å². The zero-order chi connectivity index (χ0) is 12.0. The average molecular weight is 224 g/mol. The summed E-state index contributed by atoms with van der Waals surface area (Å²) in [5, 5.41) is 7.64. The minimum Gasteiger partial charge on any atom is -0.321 e. The van der Waals surface area contributed by atoms with Crippen LogP contribution in [0, 0.1) is 0 Å². The van der Waals surface area contributed by atoms with E-state index in [1.54, 1.807) is 4.68 Å². The molecule has 0 aromatic carbocycles. The van der Waals surface area contributed by atoms with Crippen LogP contribution in [0.3, 0.4) is 0 Å². The summed E-state index contributed by atoms with van der Waals surface area (Å²) >= 11 is 0. The van der Waals surface area contributed by atoms with Gasteiger partial charge in [0.2, 0.25) is 0 Å². The lowest BCUT2D eigenvalue weighted by molar-refractivity contribution is 0.0945. The van der Waals surface area contributed by atoms with Crippen LogP contribution in [0.15, 0.2) is 6.20 Å². The molecule has 1 aromatic heterocycles. The Labute approximate surface area is 96.0 Å². The van der Waals surface area contributed by atoms with Crippen molar-refractivity contribution in [2.75, 3.05) is 0 Å². The second-order valence-corrected chi connectivity index (χ2v) is 3.96. The molecule has 0 spiro atoms. The lowest BCUT2D eigenvalue weighted by atomic mass is 10.0. The van der Waals surface area contributed by atoms with Gasteiger partial charge in [0.15, 0.2) is 5.78 Å². The van der Waals surface area contributed by atoms with Crippen LogP contribution in [0.4, 0.5) is 0 Å². The van der Waals surface area contributed by atoms with Crippen molar-refractivity contribution in [3.8, 4) is 0 Å². The van der Waals surface area contributed by atoms with E-state index in [0.29, 0.717) is 12.2 Å². The summed E-state index contributed by atoms with van der Waals surface area (Å²) in [7, 11) is 0. The number of hydrogen-bond acceptors (Lipinski definition) is 4. The van der Waals surface area contributed by atoms with Gasteiger partial charge in [0.25, 0.3) is 0 Å². The number of rotatable bonds is 7. The Morgan fingerprint density at radius 3 is 2.88 bits per heavy atom. The lowest BCUT2D eigenvalue weighted by Crippen LogP contribution is -2.32. The second kappa shape index (κ2) is 6.37. The monoisotopic (exact) mass is 224 g/mol. The largest absolute Gasteiger partial charge is 0.321 e. The summed E-state index contributed by atoms with van der Waals surface area (Å²) in [6.45, 7) is 4.83. The van der Waals surface area contributed by atoms with Gasteiger partial charge in [-0.15, -0.1) is 5.10 Å². The van der Waals surface area contributed by atoms with Crippen LogP contribution in [-0.2, 0) is 6.54 Å². The molecule has 0 radical (unpaired) electrons. The minimum absolute atomic E-state index is 0.0492. The number of nitrogens with two attached hydrogens (primary N) is 1. The molecule has 16 heavy (non-hydrogen) atoms. The van der Waals surface area contributed by atoms with Crippen molar-refractivity contribution in [1.82, 2.24) is 15.0 Å². The van der Waals surface area contributed by atoms with Gasteiger partial charge >= 0.3 is 0 Å². The third-order valence-electron chi connectivity index (χ3n) is 2.51. The average Bonchev–Trinajstić information content (AvgIpc) is 2.73. The van der Waals surface area contributed by atoms with Gasteiger partial charge in [-0.2, -0.15) is 0 Å². The number of aromatic nitrogens is 3. The standard InChI is InChI=1S/C11H20N4O/c1-3-5-6-9(12)11(16)10-8-13-14-15(10)7-4-2/h8-9H,3-7,12H2,1-2H3. The highest BCUT2D eigenvalue weighted by atomic mass is 16.1. The van der Waals surface area contributed by atoms with Gasteiger partial charge in [-0.3, -0.25) is 4.79 Å². The van der Waals surface area contributed by atoms with Crippen molar-refractivity contribution in [1.29, 1.82) is 0 Å². The van der Waals surface area contributed by atoms with Gasteiger partial charge in [-0.1, -0.05) is 31.9 Å². The quantitative estimate of drug-likeness (QED) is 0.710. The molecule has 0 bridgehead atoms. The number of hydrogen-bond donors (Lipinski definition) is 1. The molecule has 90 valence electrons. The normalized spacial score (nSPS) is 12.7.